The zero-order valence-electron chi connectivity index (χ0n) is 13.1. The second-order valence-electron chi connectivity index (χ2n) is 5.87. The zero-order valence-corrected chi connectivity index (χ0v) is 13.1. The first-order chi connectivity index (χ1) is 11.2. The van der Waals surface area contributed by atoms with E-state index >= 15 is 0 Å². The van der Waals surface area contributed by atoms with E-state index in [0.29, 0.717) is 12.0 Å². The topological polar surface area (TPSA) is 38.3 Å². The number of nitrogens with one attached hydrogen (secondary N) is 1. The summed E-state index contributed by atoms with van der Waals surface area (Å²) in [4.78, 5) is 11.7. The van der Waals surface area contributed by atoms with Gasteiger partial charge in [0.1, 0.15) is 6.67 Å². The minimum atomic E-state index is -0.452. The molecule has 1 aliphatic rings. The molecule has 2 atom stereocenters. The Hall–Kier alpha value is -2.36. The maximum atomic E-state index is 12.7. The van der Waals surface area contributed by atoms with Crippen molar-refractivity contribution in [3.63, 3.8) is 0 Å². The molecule has 0 saturated heterocycles. The van der Waals surface area contributed by atoms with Crippen molar-refractivity contribution < 1.29 is 13.9 Å². The number of para-hydroxylation sites is 1. The van der Waals surface area contributed by atoms with Gasteiger partial charge in [-0.1, -0.05) is 42.5 Å². The van der Waals surface area contributed by atoms with E-state index in [1.54, 1.807) is 0 Å². The van der Waals surface area contributed by atoms with E-state index in [1.165, 1.54) is 7.11 Å². The van der Waals surface area contributed by atoms with Gasteiger partial charge in [0.25, 0.3) is 0 Å². The highest BCUT2D eigenvalue weighted by Gasteiger charge is 2.29. The minimum Gasteiger partial charge on any atom is -0.469 e. The van der Waals surface area contributed by atoms with Crippen molar-refractivity contribution in [1.29, 1.82) is 0 Å². The van der Waals surface area contributed by atoms with Crippen LogP contribution in [0.5, 0.6) is 0 Å². The third-order valence-electron chi connectivity index (χ3n) is 4.43. The second kappa shape index (κ2) is 6.82. The van der Waals surface area contributed by atoms with Crippen molar-refractivity contribution in [2.45, 2.75) is 31.5 Å². The molecule has 3 rings (SSSR count). The maximum absolute atomic E-state index is 12.7. The van der Waals surface area contributed by atoms with E-state index < -0.39 is 6.67 Å². The van der Waals surface area contributed by atoms with Gasteiger partial charge in [0.15, 0.2) is 0 Å². The van der Waals surface area contributed by atoms with Crippen molar-refractivity contribution in [2.75, 3.05) is 12.4 Å². The molecule has 0 radical (unpaired) electrons. The van der Waals surface area contributed by atoms with Crippen LogP contribution in [0.25, 0.3) is 0 Å². The van der Waals surface area contributed by atoms with Crippen LogP contribution in [0.2, 0.25) is 0 Å². The number of carbonyl (C=O) groups excluding carboxylic acids is 1. The first-order valence-electron chi connectivity index (χ1n) is 7.78. The van der Waals surface area contributed by atoms with Gasteiger partial charge in [-0.2, -0.15) is 0 Å². The van der Waals surface area contributed by atoms with Gasteiger partial charge in [-0.15, -0.1) is 0 Å². The fourth-order valence-corrected chi connectivity index (χ4v) is 3.18. The molecule has 120 valence electrons. The first-order valence-corrected chi connectivity index (χ1v) is 7.78. The van der Waals surface area contributed by atoms with Crippen LogP contribution in [0, 0.1) is 0 Å². The number of fused-ring (bicyclic) bond motifs is 1. The van der Waals surface area contributed by atoms with Gasteiger partial charge < -0.3 is 10.1 Å². The monoisotopic (exact) mass is 313 g/mol. The van der Waals surface area contributed by atoms with Crippen LogP contribution in [0.1, 0.15) is 41.5 Å². The number of esters is 1. The van der Waals surface area contributed by atoms with Crippen LogP contribution in [0.4, 0.5) is 10.1 Å². The zero-order chi connectivity index (χ0) is 16.2. The number of halogens is 1. The second-order valence-corrected chi connectivity index (χ2v) is 5.87. The number of carbonyl (C=O) groups is 1. The Kier molecular flexibility index (Phi) is 4.60. The molecule has 1 aliphatic heterocycles. The molecule has 23 heavy (non-hydrogen) atoms. The Labute approximate surface area is 135 Å². The van der Waals surface area contributed by atoms with Crippen LogP contribution >= 0.6 is 0 Å². The van der Waals surface area contributed by atoms with Gasteiger partial charge in [0, 0.05) is 5.69 Å². The number of benzene rings is 2. The molecule has 1 heterocycles. The number of methoxy groups -OCH3 is 1. The Bertz CT molecular complexity index is 684. The van der Waals surface area contributed by atoms with Crippen molar-refractivity contribution >= 4 is 11.7 Å². The Morgan fingerprint density at radius 1 is 1.22 bits per heavy atom. The third kappa shape index (κ3) is 3.36. The predicted octanol–water partition coefficient (Wildman–Crippen LogP) is 4.36. The summed E-state index contributed by atoms with van der Waals surface area (Å²) < 4.78 is 17.5. The highest BCUT2D eigenvalue weighted by atomic mass is 19.1. The molecule has 2 aromatic carbocycles. The number of alkyl halides is 1. The molecule has 4 heteroatoms. The standard InChI is InChI=1S/C19H20FNO2/c1-23-19(22)11-15-10-18(14-8-6-13(12-20)7-9-14)21-17-5-3-2-4-16(15)17/h2-9,15,18,21H,10-12H2,1H3/t15-,18+/m1/s1. The molecule has 0 saturated carbocycles. The predicted molar refractivity (Wildman–Crippen MR) is 88.1 cm³/mol. The first kappa shape index (κ1) is 15.5. The van der Waals surface area contributed by atoms with Crippen molar-refractivity contribution in [1.82, 2.24) is 0 Å². The number of hydrogen-bond donors (Lipinski definition) is 1. The Morgan fingerprint density at radius 2 is 1.96 bits per heavy atom. The molecule has 2 aromatic rings. The van der Waals surface area contributed by atoms with Crippen LogP contribution in [-0.4, -0.2) is 13.1 Å². The molecule has 0 aromatic heterocycles. The number of rotatable bonds is 4. The molecule has 0 unspecified atom stereocenters. The highest BCUT2D eigenvalue weighted by molar-refractivity contribution is 5.71. The Morgan fingerprint density at radius 3 is 2.65 bits per heavy atom. The smallest absolute Gasteiger partial charge is 0.306 e. The molecule has 0 fully saturated rings. The van der Waals surface area contributed by atoms with Crippen molar-refractivity contribution in [2.24, 2.45) is 0 Å². The third-order valence-corrected chi connectivity index (χ3v) is 4.43. The normalized spacial score (nSPS) is 19.6. The molecular formula is C19H20FNO2. The average molecular weight is 313 g/mol. The van der Waals surface area contributed by atoms with Crippen molar-refractivity contribution in [3.8, 4) is 0 Å². The lowest BCUT2D eigenvalue weighted by Crippen LogP contribution is -2.23. The molecular weight excluding hydrogens is 293 g/mol. The van der Waals surface area contributed by atoms with Crippen molar-refractivity contribution in [3.05, 3.63) is 65.2 Å². The van der Waals surface area contributed by atoms with E-state index in [-0.39, 0.29) is 17.9 Å². The highest BCUT2D eigenvalue weighted by Crippen LogP contribution is 2.41. The summed E-state index contributed by atoms with van der Waals surface area (Å²) in [5.41, 5.74) is 3.98. The summed E-state index contributed by atoms with van der Waals surface area (Å²) in [5.74, 6) is -0.0796. The summed E-state index contributed by atoms with van der Waals surface area (Å²) in [6, 6.07) is 15.7. The summed E-state index contributed by atoms with van der Waals surface area (Å²) in [5, 5.41) is 3.53. The van der Waals surface area contributed by atoms with Gasteiger partial charge in [0.05, 0.1) is 19.6 Å². The summed E-state index contributed by atoms with van der Waals surface area (Å²) in [6.45, 7) is -0.452. The van der Waals surface area contributed by atoms with Crippen LogP contribution in [0.15, 0.2) is 48.5 Å². The van der Waals surface area contributed by atoms with Gasteiger partial charge >= 0.3 is 5.97 Å². The number of hydrogen-bond acceptors (Lipinski definition) is 3. The molecule has 1 N–H and O–H groups in total. The molecule has 0 bridgehead atoms. The molecule has 3 nitrogen and oxygen atoms in total. The molecule has 0 spiro atoms. The quantitative estimate of drug-likeness (QED) is 0.852. The van der Waals surface area contributed by atoms with E-state index in [4.69, 9.17) is 4.74 Å². The molecule has 0 aliphatic carbocycles. The number of ether oxygens (including phenoxy) is 1. The minimum absolute atomic E-state index is 0.105. The van der Waals surface area contributed by atoms with E-state index in [0.717, 1.165) is 23.2 Å². The summed E-state index contributed by atoms with van der Waals surface area (Å²) in [6.07, 6.45) is 1.18. The van der Waals surface area contributed by atoms with Gasteiger partial charge in [-0.05, 0) is 35.1 Å². The van der Waals surface area contributed by atoms with Crippen LogP contribution in [0.3, 0.4) is 0 Å². The maximum Gasteiger partial charge on any atom is 0.306 e. The fraction of sp³-hybridized carbons (Fsp3) is 0.316. The summed E-state index contributed by atoms with van der Waals surface area (Å²) in [7, 11) is 1.42. The van der Waals surface area contributed by atoms with Gasteiger partial charge in [-0.25, -0.2) is 4.39 Å². The Balaban J connectivity index is 1.88. The fourth-order valence-electron chi connectivity index (χ4n) is 3.18. The van der Waals surface area contributed by atoms with E-state index in [1.807, 2.05) is 42.5 Å². The molecule has 0 amide bonds. The lowest BCUT2D eigenvalue weighted by atomic mass is 9.82. The van der Waals surface area contributed by atoms with E-state index in [9.17, 15) is 9.18 Å². The van der Waals surface area contributed by atoms with Crippen LogP contribution in [-0.2, 0) is 16.2 Å². The lowest BCUT2D eigenvalue weighted by Gasteiger charge is -2.33. The van der Waals surface area contributed by atoms with Gasteiger partial charge in [-0.3, -0.25) is 4.79 Å². The van der Waals surface area contributed by atoms with E-state index in [2.05, 4.69) is 11.4 Å². The van der Waals surface area contributed by atoms with Crippen LogP contribution < -0.4 is 5.32 Å². The summed E-state index contributed by atoms with van der Waals surface area (Å²) >= 11 is 0. The average Bonchev–Trinajstić information content (AvgIpc) is 2.61. The largest absolute Gasteiger partial charge is 0.469 e. The number of anilines is 1. The SMILES string of the molecule is COC(=O)C[C@H]1C[C@@H](c2ccc(CF)cc2)Nc2ccccc21. The van der Waals surface area contributed by atoms with Gasteiger partial charge in [0.2, 0.25) is 0 Å². The lowest BCUT2D eigenvalue weighted by molar-refractivity contribution is -0.141.